The van der Waals surface area contributed by atoms with E-state index in [4.69, 9.17) is 21.6 Å². The van der Waals surface area contributed by atoms with Crippen molar-refractivity contribution < 1.29 is 9.18 Å². The van der Waals surface area contributed by atoms with Crippen molar-refractivity contribution in [1.82, 2.24) is 14.9 Å². The van der Waals surface area contributed by atoms with Crippen molar-refractivity contribution in [2.45, 2.75) is 33.6 Å². The smallest absolute Gasteiger partial charge is 0.222 e. The van der Waals surface area contributed by atoms with E-state index in [9.17, 15) is 9.18 Å². The van der Waals surface area contributed by atoms with Crippen LogP contribution in [0, 0.1) is 18.7 Å². The number of nitrogens with zero attached hydrogens (tertiary/aromatic N) is 4. The lowest BCUT2D eigenvalue weighted by Gasteiger charge is -2.37. The van der Waals surface area contributed by atoms with Crippen LogP contribution < -0.4 is 4.90 Å². The number of aromatic nitrogens is 2. The third-order valence-electron chi connectivity index (χ3n) is 6.15. The van der Waals surface area contributed by atoms with E-state index in [0.717, 1.165) is 22.6 Å². The fraction of sp³-hybridized carbons (Fsp3) is 0.370. The summed E-state index contributed by atoms with van der Waals surface area (Å²) in [5, 5.41) is 0.390. The van der Waals surface area contributed by atoms with Gasteiger partial charge in [-0.1, -0.05) is 61.8 Å². The molecule has 1 amide bonds. The zero-order valence-corrected chi connectivity index (χ0v) is 20.6. The average molecular weight is 481 g/mol. The normalized spacial score (nSPS) is 14.1. The lowest BCUT2D eigenvalue weighted by Crippen LogP contribution is -2.49. The van der Waals surface area contributed by atoms with E-state index in [1.54, 1.807) is 12.1 Å². The number of carbonyl (C=O) groups is 1. The van der Waals surface area contributed by atoms with Gasteiger partial charge in [-0.05, 0) is 25.0 Å². The number of rotatable bonds is 6. The van der Waals surface area contributed by atoms with Crippen LogP contribution in [0.1, 0.15) is 37.1 Å². The molecule has 0 radical (unpaired) electrons. The minimum atomic E-state index is -0.339. The van der Waals surface area contributed by atoms with Crippen molar-refractivity contribution in [3.63, 3.8) is 0 Å². The molecule has 1 aliphatic rings. The molecule has 0 saturated carbocycles. The molecule has 1 fully saturated rings. The Bertz CT molecular complexity index is 1140. The van der Waals surface area contributed by atoms with Gasteiger partial charge < -0.3 is 9.80 Å². The molecular weight excluding hydrogens is 451 g/mol. The number of hydrogen-bond donors (Lipinski definition) is 0. The Morgan fingerprint density at radius 3 is 2.35 bits per heavy atom. The van der Waals surface area contributed by atoms with Gasteiger partial charge in [0.1, 0.15) is 11.6 Å². The van der Waals surface area contributed by atoms with Crippen LogP contribution in [0.5, 0.6) is 0 Å². The summed E-state index contributed by atoms with van der Waals surface area (Å²) in [4.78, 5) is 26.4. The van der Waals surface area contributed by atoms with E-state index in [1.165, 1.54) is 6.07 Å². The molecule has 34 heavy (non-hydrogen) atoms. The topological polar surface area (TPSA) is 49.3 Å². The first kappa shape index (κ1) is 24.1. The summed E-state index contributed by atoms with van der Waals surface area (Å²) < 4.78 is 14.6. The van der Waals surface area contributed by atoms with E-state index in [-0.39, 0.29) is 11.7 Å². The van der Waals surface area contributed by atoms with Gasteiger partial charge >= 0.3 is 0 Å². The first-order valence-corrected chi connectivity index (χ1v) is 12.1. The van der Waals surface area contributed by atoms with Crippen LogP contribution in [0.4, 0.5) is 10.2 Å². The summed E-state index contributed by atoms with van der Waals surface area (Å²) in [6.07, 6.45) is 0.857. The van der Waals surface area contributed by atoms with Crippen molar-refractivity contribution in [3.8, 4) is 11.4 Å². The van der Waals surface area contributed by atoms with Gasteiger partial charge in [0.15, 0.2) is 5.82 Å². The van der Waals surface area contributed by atoms with Gasteiger partial charge in [0.05, 0.1) is 0 Å². The second kappa shape index (κ2) is 10.5. The molecule has 3 aromatic rings. The molecule has 0 bridgehead atoms. The first-order valence-electron chi connectivity index (χ1n) is 11.7. The molecule has 0 aliphatic carbocycles. The molecule has 1 saturated heterocycles. The number of hydrogen-bond acceptors (Lipinski definition) is 4. The minimum absolute atomic E-state index is 0.192. The molecule has 1 aromatic heterocycles. The summed E-state index contributed by atoms with van der Waals surface area (Å²) in [6, 6.07) is 14.6. The van der Waals surface area contributed by atoms with Crippen molar-refractivity contribution >= 4 is 23.3 Å². The highest BCUT2D eigenvalue weighted by atomic mass is 35.5. The second-order valence-corrected chi connectivity index (χ2v) is 9.55. The number of carbonyl (C=O) groups excluding carboxylic acids is 1. The Labute approximate surface area is 205 Å². The van der Waals surface area contributed by atoms with Crippen LogP contribution in [-0.4, -0.2) is 47.0 Å². The maximum Gasteiger partial charge on any atom is 0.222 e. The summed E-state index contributed by atoms with van der Waals surface area (Å²) in [5.41, 5.74) is 3.01. The summed E-state index contributed by atoms with van der Waals surface area (Å²) >= 11 is 6.35. The molecule has 2 heterocycles. The maximum atomic E-state index is 14.6. The van der Waals surface area contributed by atoms with Gasteiger partial charge in [-0.25, -0.2) is 14.4 Å². The molecule has 0 spiro atoms. The van der Waals surface area contributed by atoms with Gasteiger partial charge in [0.25, 0.3) is 0 Å². The Morgan fingerprint density at radius 2 is 1.71 bits per heavy atom. The van der Waals surface area contributed by atoms with Crippen LogP contribution in [0.15, 0.2) is 48.5 Å². The van der Waals surface area contributed by atoms with Crippen molar-refractivity contribution in [1.29, 1.82) is 0 Å². The van der Waals surface area contributed by atoms with E-state index in [0.29, 0.717) is 61.3 Å². The van der Waals surface area contributed by atoms with Crippen LogP contribution >= 0.6 is 11.6 Å². The highest BCUT2D eigenvalue weighted by Gasteiger charge is 2.26. The highest BCUT2D eigenvalue weighted by molar-refractivity contribution is 6.31. The number of benzene rings is 2. The highest BCUT2D eigenvalue weighted by Crippen LogP contribution is 2.31. The van der Waals surface area contributed by atoms with Crippen LogP contribution in [-0.2, 0) is 11.2 Å². The minimum Gasteiger partial charge on any atom is -0.353 e. The molecule has 178 valence electrons. The molecule has 0 unspecified atom stereocenters. The van der Waals surface area contributed by atoms with E-state index >= 15 is 0 Å². The summed E-state index contributed by atoms with van der Waals surface area (Å²) in [7, 11) is 0. The van der Waals surface area contributed by atoms with Crippen LogP contribution in [0.3, 0.4) is 0 Å². The Kier molecular flexibility index (Phi) is 7.47. The standard InChI is InChI=1S/C27H30ClFN4O/c1-18(2)16-25(34)32-12-14-33(15-13-32)27-21(17-22-23(28)10-7-11-24(22)29)19(3)30-26(31-27)20-8-5-4-6-9-20/h4-11,18H,12-17H2,1-3H3. The Balaban J connectivity index is 1.69. The zero-order chi connectivity index (χ0) is 24.2. The number of halogens is 2. The third kappa shape index (κ3) is 5.39. The van der Waals surface area contributed by atoms with Crippen molar-refractivity contribution in [2.75, 3.05) is 31.1 Å². The monoisotopic (exact) mass is 480 g/mol. The van der Waals surface area contributed by atoms with E-state index in [2.05, 4.69) is 18.7 Å². The van der Waals surface area contributed by atoms with Crippen LogP contribution in [0.2, 0.25) is 5.02 Å². The molecule has 4 rings (SSSR count). The van der Waals surface area contributed by atoms with Gasteiger partial charge in [-0.2, -0.15) is 0 Å². The zero-order valence-electron chi connectivity index (χ0n) is 19.9. The SMILES string of the molecule is Cc1nc(-c2ccccc2)nc(N2CCN(C(=O)CC(C)C)CC2)c1Cc1c(F)cccc1Cl. The largest absolute Gasteiger partial charge is 0.353 e. The summed E-state index contributed by atoms with van der Waals surface area (Å²) in [5.74, 6) is 1.60. The van der Waals surface area contributed by atoms with E-state index in [1.807, 2.05) is 42.2 Å². The van der Waals surface area contributed by atoms with Gasteiger partial charge in [0, 0.05) is 66.4 Å². The molecular formula is C27H30ClFN4O. The predicted octanol–water partition coefficient (Wildman–Crippen LogP) is 5.53. The quantitative estimate of drug-likeness (QED) is 0.465. The molecule has 0 N–H and O–H groups in total. The molecule has 0 atom stereocenters. The fourth-order valence-corrected chi connectivity index (χ4v) is 4.52. The number of aryl methyl sites for hydroxylation is 1. The number of piperazine rings is 1. The van der Waals surface area contributed by atoms with Gasteiger partial charge in [-0.3, -0.25) is 4.79 Å². The predicted molar refractivity (Wildman–Crippen MR) is 135 cm³/mol. The lowest BCUT2D eigenvalue weighted by molar-refractivity contribution is -0.132. The van der Waals surface area contributed by atoms with Gasteiger partial charge in [-0.15, -0.1) is 0 Å². The average Bonchev–Trinajstić information content (AvgIpc) is 2.82. The third-order valence-corrected chi connectivity index (χ3v) is 6.51. The lowest BCUT2D eigenvalue weighted by atomic mass is 10.0. The molecule has 7 heteroatoms. The number of amides is 1. The van der Waals surface area contributed by atoms with E-state index < -0.39 is 0 Å². The first-order chi connectivity index (χ1) is 16.3. The molecule has 1 aliphatic heterocycles. The van der Waals surface area contributed by atoms with Crippen molar-refractivity contribution in [3.05, 3.63) is 76.2 Å². The van der Waals surface area contributed by atoms with Crippen molar-refractivity contribution in [2.24, 2.45) is 5.92 Å². The maximum absolute atomic E-state index is 14.6. The summed E-state index contributed by atoms with van der Waals surface area (Å²) in [6.45, 7) is 8.64. The van der Waals surface area contributed by atoms with Crippen LogP contribution in [0.25, 0.3) is 11.4 Å². The molecule has 5 nitrogen and oxygen atoms in total. The molecule has 2 aromatic carbocycles. The van der Waals surface area contributed by atoms with Gasteiger partial charge in [0.2, 0.25) is 5.91 Å². The fourth-order valence-electron chi connectivity index (χ4n) is 4.29. The Hall–Kier alpha value is -2.99. The number of anilines is 1. The second-order valence-electron chi connectivity index (χ2n) is 9.14. The Morgan fingerprint density at radius 1 is 1.00 bits per heavy atom.